The van der Waals surface area contributed by atoms with Crippen LogP contribution in [0.2, 0.25) is 0 Å². The molecule has 0 fully saturated rings. The number of aromatic nitrogens is 4. The van der Waals surface area contributed by atoms with Crippen LogP contribution in [-0.4, -0.2) is 68.3 Å². The number of hydrogen-bond acceptors (Lipinski definition) is 11. The lowest BCUT2D eigenvalue weighted by molar-refractivity contribution is -0.153. The number of carbonyl (C=O) groups excluding carboxylic acids is 2. The molecule has 2 rings (SSSR count). The molecule has 3 atom stereocenters. The van der Waals surface area contributed by atoms with E-state index in [1.807, 2.05) is 0 Å². The summed E-state index contributed by atoms with van der Waals surface area (Å²) in [5.74, 6) is -1.14. The number of ether oxygens (including phenoxy) is 3. The number of anilines is 1. The Morgan fingerprint density at radius 3 is 2.37 bits per heavy atom. The molecule has 2 heterocycles. The van der Waals surface area contributed by atoms with Gasteiger partial charge in [-0.05, 0) is 54.9 Å². The van der Waals surface area contributed by atoms with Crippen molar-refractivity contribution in [1.29, 1.82) is 0 Å². The van der Waals surface area contributed by atoms with Gasteiger partial charge in [0.1, 0.15) is 23.7 Å². The number of rotatable bonds is 15. The number of nitrogens with two attached hydrogens (primary N) is 1. The topological polar surface area (TPSA) is 170 Å². The molecule has 0 spiro atoms. The Morgan fingerprint density at radius 2 is 1.74 bits per heavy atom. The number of nitrogen functional groups attached to an aromatic ring is 1. The van der Waals surface area contributed by atoms with Crippen molar-refractivity contribution in [3.8, 4) is 0 Å². The number of nitrogens with zero attached hydrogens (tertiary/aromatic N) is 4. The van der Waals surface area contributed by atoms with Crippen molar-refractivity contribution in [2.75, 3.05) is 18.7 Å². The Labute approximate surface area is 223 Å². The second-order valence-electron chi connectivity index (χ2n) is 10.3. The van der Waals surface area contributed by atoms with Crippen LogP contribution in [0.15, 0.2) is 12.7 Å². The molecule has 2 aromatic heterocycles. The molecule has 0 saturated heterocycles. The number of fused-ring (bicyclic) bond motifs is 1. The van der Waals surface area contributed by atoms with E-state index in [0.29, 0.717) is 17.7 Å². The van der Waals surface area contributed by atoms with Crippen LogP contribution in [0.3, 0.4) is 0 Å². The number of imidazole rings is 1. The average Bonchev–Trinajstić information content (AvgIpc) is 3.20. The molecule has 0 bridgehead atoms. The first-order chi connectivity index (χ1) is 17.6. The van der Waals surface area contributed by atoms with Crippen LogP contribution in [0.4, 0.5) is 5.82 Å². The standard InChI is InChI=1S/C24H41N6O7P/c1-15(2)36-22(31)17(5)9-10-35-38(33,29-24(7,8)23(32)37-16(3)4)14-34-18(6)11-30-13-28-19-20(25)26-12-27-21(19)30/h12-13,15-18H,9-11,14H2,1-8H3,(H,29,33)(H2,25,26,27)/t17-,18+,38+/m0/s1. The Bertz CT molecular complexity index is 1140. The van der Waals surface area contributed by atoms with Gasteiger partial charge in [0.2, 0.25) is 0 Å². The largest absolute Gasteiger partial charge is 0.463 e. The smallest absolute Gasteiger partial charge is 0.326 e. The molecule has 38 heavy (non-hydrogen) atoms. The van der Waals surface area contributed by atoms with Gasteiger partial charge in [-0.3, -0.25) is 14.2 Å². The SMILES string of the molecule is CC(C)OC(=O)[C@@H](C)CCO[P@](=O)(CO[C@H](C)Cn1cnc2c(N)ncnc21)NC(C)(C)C(=O)OC(C)C. The Kier molecular flexibility index (Phi) is 11.2. The van der Waals surface area contributed by atoms with E-state index in [0.717, 1.165) is 0 Å². The summed E-state index contributed by atoms with van der Waals surface area (Å²) in [7, 11) is -3.75. The van der Waals surface area contributed by atoms with E-state index in [1.165, 1.54) is 6.33 Å². The lowest BCUT2D eigenvalue weighted by Crippen LogP contribution is -2.47. The van der Waals surface area contributed by atoms with Gasteiger partial charge in [0.25, 0.3) is 7.52 Å². The molecule has 3 N–H and O–H groups in total. The molecule has 14 heteroatoms. The number of carbonyl (C=O) groups is 2. The van der Waals surface area contributed by atoms with E-state index in [1.54, 1.807) is 66.3 Å². The first-order valence-corrected chi connectivity index (χ1v) is 14.4. The van der Waals surface area contributed by atoms with E-state index in [9.17, 15) is 14.2 Å². The fourth-order valence-corrected chi connectivity index (χ4v) is 5.36. The lowest BCUT2D eigenvalue weighted by atomic mass is 10.1. The predicted molar refractivity (Wildman–Crippen MR) is 142 cm³/mol. The highest BCUT2D eigenvalue weighted by atomic mass is 31.2. The predicted octanol–water partition coefficient (Wildman–Crippen LogP) is 3.28. The maximum absolute atomic E-state index is 13.9. The average molecular weight is 557 g/mol. The van der Waals surface area contributed by atoms with E-state index >= 15 is 0 Å². The molecule has 0 aliphatic rings. The van der Waals surface area contributed by atoms with Crippen LogP contribution in [-0.2, 0) is 39.4 Å². The molecule has 0 aliphatic carbocycles. The zero-order chi connectivity index (χ0) is 28.7. The van der Waals surface area contributed by atoms with Crippen LogP contribution in [0.5, 0.6) is 0 Å². The van der Waals surface area contributed by atoms with Gasteiger partial charge < -0.3 is 29.0 Å². The van der Waals surface area contributed by atoms with Gasteiger partial charge in [0.05, 0.1) is 43.7 Å². The highest BCUT2D eigenvalue weighted by Crippen LogP contribution is 2.45. The number of hydrogen-bond donors (Lipinski definition) is 2. The van der Waals surface area contributed by atoms with E-state index in [4.69, 9.17) is 24.5 Å². The molecular formula is C24H41N6O7P. The minimum absolute atomic E-state index is 0.0198. The summed E-state index contributed by atoms with van der Waals surface area (Å²) in [5.41, 5.74) is 5.55. The van der Waals surface area contributed by atoms with Crippen molar-refractivity contribution in [3.05, 3.63) is 12.7 Å². The first-order valence-electron chi connectivity index (χ1n) is 12.6. The quantitative estimate of drug-likeness (QED) is 0.243. The zero-order valence-corrected chi connectivity index (χ0v) is 24.4. The molecule has 0 amide bonds. The van der Waals surface area contributed by atoms with E-state index in [2.05, 4.69) is 20.0 Å². The van der Waals surface area contributed by atoms with Crippen molar-refractivity contribution < 1.29 is 32.9 Å². The maximum Gasteiger partial charge on any atom is 0.326 e. The van der Waals surface area contributed by atoms with Crippen molar-refractivity contribution in [1.82, 2.24) is 24.6 Å². The monoisotopic (exact) mass is 556 g/mol. The summed E-state index contributed by atoms with van der Waals surface area (Å²) < 4.78 is 37.8. The second-order valence-corrected chi connectivity index (χ2v) is 12.4. The first kappa shape index (κ1) is 31.6. The summed E-state index contributed by atoms with van der Waals surface area (Å²) in [5, 5.41) is 2.82. The second kappa shape index (κ2) is 13.5. The third-order valence-corrected chi connectivity index (χ3v) is 7.31. The molecule has 2 aromatic rings. The summed E-state index contributed by atoms with van der Waals surface area (Å²) in [4.78, 5) is 37.2. The Hall–Kier alpha value is -2.60. The molecule has 0 aliphatic heterocycles. The molecule has 0 saturated carbocycles. The van der Waals surface area contributed by atoms with Crippen LogP contribution >= 0.6 is 7.52 Å². The van der Waals surface area contributed by atoms with E-state index < -0.39 is 31.0 Å². The van der Waals surface area contributed by atoms with Gasteiger partial charge in [-0.2, -0.15) is 0 Å². The Balaban J connectivity index is 2.10. The summed E-state index contributed by atoms with van der Waals surface area (Å²) in [6.07, 6.45) is 1.84. The highest BCUT2D eigenvalue weighted by molar-refractivity contribution is 7.56. The number of nitrogens with one attached hydrogen (secondary N) is 1. The molecule has 0 aromatic carbocycles. The van der Waals surface area contributed by atoms with Gasteiger partial charge in [-0.15, -0.1) is 0 Å². The van der Waals surface area contributed by atoms with Crippen LogP contribution in [0.1, 0.15) is 61.8 Å². The van der Waals surface area contributed by atoms with Gasteiger partial charge in [-0.25, -0.2) is 20.0 Å². The van der Waals surface area contributed by atoms with Crippen molar-refractivity contribution >= 4 is 36.4 Å². The summed E-state index contributed by atoms with van der Waals surface area (Å²) >= 11 is 0. The zero-order valence-electron chi connectivity index (χ0n) is 23.5. The summed E-state index contributed by atoms with van der Waals surface area (Å²) in [6.45, 7) is 13.9. The highest BCUT2D eigenvalue weighted by Gasteiger charge is 2.39. The third-order valence-electron chi connectivity index (χ3n) is 5.32. The van der Waals surface area contributed by atoms with Crippen LogP contribution in [0.25, 0.3) is 11.2 Å². The summed E-state index contributed by atoms with van der Waals surface area (Å²) in [6, 6.07) is 0. The van der Waals surface area contributed by atoms with Crippen molar-refractivity contribution in [3.63, 3.8) is 0 Å². The minimum atomic E-state index is -3.75. The third kappa shape index (κ3) is 9.30. The molecule has 0 unspecified atom stereocenters. The van der Waals surface area contributed by atoms with Gasteiger partial charge >= 0.3 is 11.9 Å². The van der Waals surface area contributed by atoms with Crippen molar-refractivity contribution in [2.45, 2.75) is 92.2 Å². The fourth-order valence-electron chi connectivity index (χ4n) is 3.37. The fraction of sp³-hybridized carbons (Fsp3) is 0.708. The van der Waals surface area contributed by atoms with Gasteiger partial charge in [0.15, 0.2) is 11.5 Å². The Morgan fingerprint density at radius 1 is 1.08 bits per heavy atom. The molecule has 214 valence electrons. The molecular weight excluding hydrogens is 515 g/mol. The maximum atomic E-state index is 13.9. The lowest BCUT2D eigenvalue weighted by Gasteiger charge is -2.31. The van der Waals surface area contributed by atoms with Gasteiger partial charge in [-0.1, -0.05) is 6.92 Å². The van der Waals surface area contributed by atoms with E-state index in [-0.39, 0.29) is 43.4 Å². The minimum Gasteiger partial charge on any atom is -0.463 e. The van der Waals surface area contributed by atoms with Crippen LogP contribution in [0, 0.1) is 5.92 Å². The molecule has 13 nitrogen and oxygen atoms in total. The van der Waals surface area contributed by atoms with Crippen molar-refractivity contribution in [2.24, 2.45) is 5.92 Å². The normalized spacial score (nSPS) is 15.4. The number of esters is 2. The van der Waals surface area contributed by atoms with Crippen LogP contribution < -0.4 is 10.8 Å². The molecule has 0 radical (unpaired) electrons. The van der Waals surface area contributed by atoms with Gasteiger partial charge in [0, 0.05) is 0 Å².